The molecule has 0 atom stereocenters. The highest BCUT2D eigenvalue weighted by atomic mass is 35.5. The van der Waals surface area contributed by atoms with E-state index >= 15 is 0 Å². The Kier molecular flexibility index (Phi) is 4.54. The van der Waals surface area contributed by atoms with Crippen molar-refractivity contribution in [2.45, 2.75) is 0 Å². The number of halogens is 1. The molecule has 0 heterocycles. The number of hydrogen-bond donors (Lipinski definition) is 1. The lowest BCUT2D eigenvalue weighted by Gasteiger charge is -2.03. The van der Waals surface area contributed by atoms with Crippen molar-refractivity contribution in [2.24, 2.45) is 0 Å². The molecule has 0 fully saturated rings. The van der Waals surface area contributed by atoms with Gasteiger partial charge in [0, 0.05) is 5.69 Å². The molecule has 0 aromatic heterocycles. The van der Waals surface area contributed by atoms with E-state index in [2.05, 4.69) is 16.6 Å². The second-order valence-corrected chi connectivity index (χ2v) is 3.10. The lowest BCUT2D eigenvalue weighted by Crippen LogP contribution is -2.12. The number of anilines is 1. The van der Waals surface area contributed by atoms with E-state index < -0.39 is 5.97 Å². The third-order valence-corrected chi connectivity index (χ3v) is 1.96. The third kappa shape index (κ3) is 3.40. The van der Waals surface area contributed by atoms with Crippen molar-refractivity contribution in [2.75, 3.05) is 11.2 Å². The number of alkyl halides is 1. The largest absolute Gasteiger partial charge is 0.432 e. The fraction of sp³-hybridized carbons (Fsp3) is 0.0909. The van der Waals surface area contributed by atoms with Gasteiger partial charge in [-0.2, -0.15) is 0 Å². The van der Waals surface area contributed by atoms with Crippen molar-refractivity contribution in [1.82, 2.24) is 0 Å². The van der Waals surface area contributed by atoms with Gasteiger partial charge >= 0.3 is 5.97 Å². The molecule has 1 amide bonds. The van der Waals surface area contributed by atoms with E-state index in [0.717, 1.165) is 6.26 Å². The molecule has 0 saturated heterocycles. The Hall–Kier alpha value is -1.81. The molecule has 1 N–H and O–H groups in total. The van der Waals surface area contributed by atoms with Gasteiger partial charge in [-0.25, -0.2) is 4.79 Å². The van der Waals surface area contributed by atoms with Crippen molar-refractivity contribution in [3.05, 3.63) is 42.7 Å². The Morgan fingerprint density at radius 3 is 2.50 bits per heavy atom. The number of esters is 1. The monoisotopic (exact) mass is 239 g/mol. The summed E-state index contributed by atoms with van der Waals surface area (Å²) in [4.78, 5) is 22.2. The minimum atomic E-state index is -0.495. The van der Waals surface area contributed by atoms with E-state index in [1.165, 1.54) is 12.1 Å². The van der Waals surface area contributed by atoms with Crippen LogP contribution in [0, 0.1) is 0 Å². The average Bonchev–Trinajstić information content (AvgIpc) is 2.30. The second-order valence-electron chi connectivity index (χ2n) is 2.83. The van der Waals surface area contributed by atoms with Crippen LogP contribution in [0.5, 0.6) is 0 Å². The Morgan fingerprint density at radius 1 is 1.38 bits per heavy atom. The van der Waals surface area contributed by atoms with Gasteiger partial charge in [0.25, 0.3) is 0 Å². The molecule has 4 nitrogen and oxygen atoms in total. The zero-order valence-electron chi connectivity index (χ0n) is 8.40. The van der Waals surface area contributed by atoms with Crippen molar-refractivity contribution in [3.8, 4) is 0 Å². The molecule has 0 aliphatic rings. The summed E-state index contributed by atoms with van der Waals surface area (Å²) in [6.07, 6.45) is 1.06. The lowest BCUT2D eigenvalue weighted by molar-refractivity contribution is -0.113. The summed E-state index contributed by atoms with van der Waals surface area (Å²) < 4.78 is 4.59. The number of rotatable bonds is 4. The standard InChI is InChI=1S/C11H10ClNO3/c1-2-16-11(15)8-3-5-9(6-4-8)13-10(14)7-12/h2-6H,1,7H2,(H,13,14). The maximum absolute atomic E-state index is 11.2. The van der Waals surface area contributed by atoms with Gasteiger partial charge in [0.1, 0.15) is 5.88 Å². The number of ether oxygens (including phenoxy) is 1. The van der Waals surface area contributed by atoms with Crippen molar-refractivity contribution >= 4 is 29.2 Å². The fourth-order valence-electron chi connectivity index (χ4n) is 1.03. The van der Waals surface area contributed by atoms with Crippen LogP contribution >= 0.6 is 11.6 Å². The molecule has 16 heavy (non-hydrogen) atoms. The van der Waals surface area contributed by atoms with Crippen LogP contribution in [-0.4, -0.2) is 17.8 Å². The number of amides is 1. The Labute approximate surface area is 97.9 Å². The zero-order valence-corrected chi connectivity index (χ0v) is 9.16. The van der Waals surface area contributed by atoms with Crippen LogP contribution in [0.25, 0.3) is 0 Å². The summed E-state index contributed by atoms with van der Waals surface area (Å²) in [7, 11) is 0. The molecule has 1 rings (SSSR count). The molecule has 5 heteroatoms. The molecule has 0 bridgehead atoms. The van der Waals surface area contributed by atoms with Crippen LogP contribution in [-0.2, 0) is 9.53 Å². The summed E-state index contributed by atoms with van der Waals surface area (Å²) in [5.74, 6) is -0.909. The van der Waals surface area contributed by atoms with E-state index in [9.17, 15) is 9.59 Å². The number of nitrogens with one attached hydrogen (secondary N) is 1. The molecule has 0 radical (unpaired) electrons. The Bertz CT molecular complexity index is 400. The smallest absolute Gasteiger partial charge is 0.342 e. The SMILES string of the molecule is C=COC(=O)c1ccc(NC(=O)CCl)cc1. The van der Waals surface area contributed by atoms with Crippen LogP contribution in [0.2, 0.25) is 0 Å². The minimum Gasteiger partial charge on any atom is -0.432 e. The van der Waals surface area contributed by atoms with Crippen LogP contribution in [0.4, 0.5) is 5.69 Å². The highest BCUT2D eigenvalue weighted by Crippen LogP contribution is 2.10. The molecule has 1 aromatic carbocycles. The molecular weight excluding hydrogens is 230 g/mol. The van der Waals surface area contributed by atoms with Gasteiger partial charge < -0.3 is 10.1 Å². The van der Waals surface area contributed by atoms with Gasteiger partial charge in [-0.3, -0.25) is 4.79 Å². The number of benzene rings is 1. The zero-order chi connectivity index (χ0) is 12.0. The normalized spacial score (nSPS) is 9.31. The van der Waals surface area contributed by atoms with Crippen LogP contribution in [0.15, 0.2) is 37.1 Å². The first kappa shape index (κ1) is 12.3. The lowest BCUT2D eigenvalue weighted by atomic mass is 10.2. The predicted octanol–water partition coefficient (Wildman–Crippen LogP) is 2.16. The summed E-state index contributed by atoms with van der Waals surface area (Å²) in [6, 6.07) is 6.25. The van der Waals surface area contributed by atoms with E-state index in [-0.39, 0.29) is 11.8 Å². The first-order valence-electron chi connectivity index (χ1n) is 4.45. The molecule has 0 spiro atoms. The fourth-order valence-corrected chi connectivity index (χ4v) is 1.09. The average molecular weight is 240 g/mol. The third-order valence-electron chi connectivity index (χ3n) is 1.72. The maximum atomic E-state index is 11.2. The van der Waals surface area contributed by atoms with E-state index in [4.69, 9.17) is 11.6 Å². The predicted molar refractivity (Wildman–Crippen MR) is 61.4 cm³/mol. The molecule has 1 aromatic rings. The second kappa shape index (κ2) is 5.92. The van der Waals surface area contributed by atoms with E-state index in [1.807, 2.05) is 0 Å². The summed E-state index contributed by atoms with van der Waals surface area (Å²) in [6.45, 7) is 3.28. The highest BCUT2D eigenvalue weighted by molar-refractivity contribution is 6.29. The number of hydrogen-bond acceptors (Lipinski definition) is 3. The Balaban J connectivity index is 2.71. The molecule has 84 valence electrons. The van der Waals surface area contributed by atoms with Gasteiger partial charge in [0.05, 0.1) is 11.8 Å². The summed E-state index contributed by atoms with van der Waals surface area (Å²) in [5, 5.41) is 2.55. The van der Waals surface area contributed by atoms with Gasteiger partial charge in [0.2, 0.25) is 5.91 Å². The number of carbonyl (C=O) groups is 2. The van der Waals surface area contributed by atoms with Crippen molar-refractivity contribution in [1.29, 1.82) is 0 Å². The highest BCUT2D eigenvalue weighted by Gasteiger charge is 2.05. The molecular formula is C11H10ClNO3. The molecule has 0 aliphatic heterocycles. The van der Waals surface area contributed by atoms with Crippen LogP contribution in [0.1, 0.15) is 10.4 Å². The first-order chi connectivity index (χ1) is 7.67. The molecule has 0 unspecified atom stereocenters. The van der Waals surface area contributed by atoms with Crippen LogP contribution in [0.3, 0.4) is 0 Å². The maximum Gasteiger partial charge on any atom is 0.342 e. The minimum absolute atomic E-state index is 0.111. The summed E-state index contributed by atoms with van der Waals surface area (Å²) >= 11 is 5.33. The van der Waals surface area contributed by atoms with E-state index in [1.54, 1.807) is 12.1 Å². The molecule has 0 saturated carbocycles. The van der Waals surface area contributed by atoms with Crippen LogP contribution < -0.4 is 5.32 Å². The van der Waals surface area contributed by atoms with Gasteiger partial charge in [-0.05, 0) is 24.3 Å². The molecule has 0 aliphatic carbocycles. The van der Waals surface area contributed by atoms with Crippen molar-refractivity contribution in [3.63, 3.8) is 0 Å². The quantitative estimate of drug-likeness (QED) is 0.498. The first-order valence-corrected chi connectivity index (χ1v) is 4.98. The van der Waals surface area contributed by atoms with Gasteiger partial charge in [0.15, 0.2) is 0 Å². The summed E-state index contributed by atoms with van der Waals surface area (Å²) in [5.41, 5.74) is 0.949. The van der Waals surface area contributed by atoms with Gasteiger partial charge in [-0.1, -0.05) is 6.58 Å². The van der Waals surface area contributed by atoms with E-state index in [0.29, 0.717) is 11.3 Å². The van der Waals surface area contributed by atoms with Gasteiger partial charge in [-0.15, -0.1) is 11.6 Å². The Morgan fingerprint density at radius 2 is 2.00 bits per heavy atom. The topological polar surface area (TPSA) is 55.4 Å². The number of carbonyl (C=O) groups excluding carboxylic acids is 2. The van der Waals surface area contributed by atoms with Crippen molar-refractivity contribution < 1.29 is 14.3 Å².